The summed E-state index contributed by atoms with van der Waals surface area (Å²) in [5.41, 5.74) is 4.59. The highest BCUT2D eigenvalue weighted by molar-refractivity contribution is 5.77. The lowest BCUT2D eigenvalue weighted by Gasteiger charge is -2.06. The van der Waals surface area contributed by atoms with Crippen molar-refractivity contribution in [3.05, 3.63) is 58.0 Å². The lowest BCUT2D eigenvalue weighted by molar-refractivity contribution is 1.02. The number of aryl methyl sites for hydroxylation is 2. The van der Waals surface area contributed by atoms with Crippen LogP contribution in [0.5, 0.6) is 0 Å². The van der Waals surface area contributed by atoms with Crippen LogP contribution in [-0.2, 0) is 0 Å². The molecule has 0 bridgehead atoms. The van der Waals surface area contributed by atoms with Crippen LogP contribution in [0.1, 0.15) is 11.3 Å². The molecule has 0 aliphatic rings. The Bertz CT molecular complexity index is 1080. The first-order valence-electron chi connectivity index (χ1n) is 6.96. The van der Waals surface area contributed by atoms with Crippen LogP contribution < -0.4 is 5.56 Å². The van der Waals surface area contributed by atoms with E-state index in [1.807, 2.05) is 42.5 Å². The fourth-order valence-electron chi connectivity index (χ4n) is 2.66. The third-order valence-corrected chi connectivity index (χ3v) is 3.76. The molecule has 0 saturated heterocycles. The van der Waals surface area contributed by atoms with Crippen LogP contribution in [0, 0.1) is 13.8 Å². The Morgan fingerprint density at radius 2 is 1.86 bits per heavy atom. The van der Waals surface area contributed by atoms with E-state index in [2.05, 4.69) is 20.2 Å². The van der Waals surface area contributed by atoms with Gasteiger partial charge < -0.3 is 4.98 Å². The minimum atomic E-state index is -0.177. The molecule has 4 rings (SSSR count). The number of hydrogen-bond acceptors (Lipinski definition) is 4. The first-order chi connectivity index (χ1) is 10.6. The van der Waals surface area contributed by atoms with E-state index in [9.17, 15) is 4.79 Å². The average Bonchev–Trinajstić information content (AvgIpc) is 2.85. The summed E-state index contributed by atoms with van der Waals surface area (Å²) in [6, 6.07) is 11.1. The standard InChI is InChI=1S/C16H13N5O/c1-9-5-3-4-6-11(9)15-17-10(2)14-20-19-12-7-8-13(22)18-16(12)21(14)15/h3-8H,1-2H3,(H,18,22). The molecule has 0 aliphatic heterocycles. The van der Waals surface area contributed by atoms with Gasteiger partial charge in [-0.25, -0.2) is 4.98 Å². The minimum Gasteiger partial charge on any atom is -0.306 e. The van der Waals surface area contributed by atoms with Gasteiger partial charge in [0, 0.05) is 11.6 Å². The third-order valence-electron chi connectivity index (χ3n) is 3.76. The van der Waals surface area contributed by atoms with Gasteiger partial charge in [-0.1, -0.05) is 24.3 Å². The van der Waals surface area contributed by atoms with Gasteiger partial charge in [-0.2, -0.15) is 0 Å². The SMILES string of the molecule is Cc1ccccc1-c1nc(C)c2nnc3ccc(=O)[nH]c3n12. The summed E-state index contributed by atoms with van der Waals surface area (Å²) in [7, 11) is 0. The summed E-state index contributed by atoms with van der Waals surface area (Å²) >= 11 is 0. The Balaban J connectivity index is 2.22. The monoisotopic (exact) mass is 291 g/mol. The van der Waals surface area contributed by atoms with Crippen molar-refractivity contribution < 1.29 is 0 Å². The van der Waals surface area contributed by atoms with Crippen LogP contribution in [0.3, 0.4) is 0 Å². The van der Waals surface area contributed by atoms with Gasteiger partial charge in [-0.05, 0) is 25.5 Å². The second-order valence-electron chi connectivity index (χ2n) is 5.25. The van der Waals surface area contributed by atoms with Gasteiger partial charge in [0.15, 0.2) is 5.65 Å². The molecule has 6 nitrogen and oxygen atoms in total. The van der Waals surface area contributed by atoms with E-state index in [4.69, 9.17) is 0 Å². The topological polar surface area (TPSA) is 75.9 Å². The molecule has 4 aromatic rings. The smallest absolute Gasteiger partial charge is 0.249 e. The molecule has 0 atom stereocenters. The Morgan fingerprint density at radius 1 is 1.05 bits per heavy atom. The average molecular weight is 291 g/mol. The molecule has 108 valence electrons. The highest BCUT2D eigenvalue weighted by atomic mass is 16.1. The van der Waals surface area contributed by atoms with Crippen molar-refractivity contribution >= 4 is 16.8 Å². The molecule has 22 heavy (non-hydrogen) atoms. The van der Waals surface area contributed by atoms with E-state index < -0.39 is 0 Å². The summed E-state index contributed by atoms with van der Waals surface area (Å²) in [4.78, 5) is 19.2. The Hall–Kier alpha value is -3.02. The highest BCUT2D eigenvalue weighted by Gasteiger charge is 2.16. The van der Waals surface area contributed by atoms with Crippen molar-refractivity contribution in [3.63, 3.8) is 0 Å². The summed E-state index contributed by atoms with van der Waals surface area (Å²) in [6.07, 6.45) is 0. The fourth-order valence-corrected chi connectivity index (χ4v) is 2.66. The van der Waals surface area contributed by atoms with E-state index in [1.54, 1.807) is 6.07 Å². The van der Waals surface area contributed by atoms with Gasteiger partial charge in [0.1, 0.15) is 17.0 Å². The first-order valence-corrected chi connectivity index (χ1v) is 6.96. The molecule has 3 aromatic heterocycles. The Labute approximate surface area is 125 Å². The van der Waals surface area contributed by atoms with Crippen LogP contribution in [0.15, 0.2) is 41.2 Å². The molecule has 1 N–H and O–H groups in total. The fraction of sp³-hybridized carbons (Fsp3) is 0.125. The molecule has 0 radical (unpaired) electrons. The number of pyridine rings is 1. The van der Waals surface area contributed by atoms with Crippen LogP contribution in [0.4, 0.5) is 0 Å². The van der Waals surface area contributed by atoms with E-state index in [0.29, 0.717) is 16.8 Å². The lowest BCUT2D eigenvalue weighted by Crippen LogP contribution is -2.08. The number of H-pyrrole nitrogens is 1. The minimum absolute atomic E-state index is 0.177. The quantitative estimate of drug-likeness (QED) is 0.583. The van der Waals surface area contributed by atoms with Gasteiger partial charge in [0.05, 0.1) is 5.69 Å². The molecular formula is C16H13N5O. The highest BCUT2D eigenvalue weighted by Crippen LogP contribution is 2.26. The van der Waals surface area contributed by atoms with Crippen molar-refractivity contribution in [2.24, 2.45) is 0 Å². The van der Waals surface area contributed by atoms with Gasteiger partial charge in [-0.3, -0.25) is 9.20 Å². The molecule has 0 unspecified atom stereocenters. The molecular weight excluding hydrogens is 278 g/mol. The van der Waals surface area contributed by atoms with Crippen LogP contribution in [0.25, 0.3) is 28.2 Å². The predicted octanol–water partition coefficient (Wildman–Crippen LogP) is 2.25. The summed E-state index contributed by atoms with van der Waals surface area (Å²) in [5.74, 6) is 0.757. The number of fused-ring (bicyclic) bond motifs is 3. The molecule has 0 amide bonds. The van der Waals surface area contributed by atoms with E-state index in [1.165, 1.54) is 6.07 Å². The van der Waals surface area contributed by atoms with Crippen molar-refractivity contribution in [1.29, 1.82) is 0 Å². The molecule has 0 saturated carbocycles. The van der Waals surface area contributed by atoms with Gasteiger partial charge in [-0.15, -0.1) is 10.2 Å². The molecule has 3 heterocycles. The van der Waals surface area contributed by atoms with Gasteiger partial charge in [0.2, 0.25) is 5.56 Å². The van der Waals surface area contributed by atoms with Crippen LogP contribution >= 0.6 is 0 Å². The van der Waals surface area contributed by atoms with Gasteiger partial charge in [0.25, 0.3) is 0 Å². The van der Waals surface area contributed by atoms with Crippen molar-refractivity contribution in [2.75, 3.05) is 0 Å². The number of imidazole rings is 1. The number of benzene rings is 1. The zero-order valence-corrected chi connectivity index (χ0v) is 12.2. The van der Waals surface area contributed by atoms with E-state index in [-0.39, 0.29) is 5.56 Å². The van der Waals surface area contributed by atoms with Crippen LogP contribution in [0.2, 0.25) is 0 Å². The molecule has 0 spiro atoms. The van der Waals surface area contributed by atoms with E-state index in [0.717, 1.165) is 22.6 Å². The first kappa shape index (κ1) is 12.7. The maximum atomic E-state index is 11.7. The van der Waals surface area contributed by atoms with Crippen molar-refractivity contribution in [3.8, 4) is 11.4 Å². The number of nitrogens with one attached hydrogen (secondary N) is 1. The molecule has 0 fully saturated rings. The van der Waals surface area contributed by atoms with Crippen molar-refractivity contribution in [2.45, 2.75) is 13.8 Å². The van der Waals surface area contributed by atoms with Crippen LogP contribution in [-0.4, -0.2) is 24.6 Å². The zero-order valence-electron chi connectivity index (χ0n) is 12.2. The van der Waals surface area contributed by atoms with Crippen molar-refractivity contribution in [1.82, 2.24) is 24.6 Å². The third kappa shape index (κ3) is 1.74. The molecule has 6 heteroatoms. The largest absolute Gasteiger partial charge is 0.306 e. The number of hydrogen-bond donors (Lipinski definition) is 1. The summed E-state index contributed by atoms with van der Waals surface area (Å²) < 4.78 is 1.86. The normalized spacial score (nSPS) is 11.4. The lowest BCUT2D eigenvalue weighted by atomic mass is 10.1. The number of aromatic nitrogens is 5. The molecule has 1 aromatic carbocycles. The van der Waals surface area contributed by atoms with E-state index >= 15 is 0 Å². The Kier molecular flexibility index (Phi) is 2.59. The Morgan fingerprint density at radius 3 is 2.68 bits per heavy atom. The predicted molar refractivity (Wildman–Crippen MR) is 83.8 cm³/mol. The second kappa shape index (κ2) is 4.49. The molecule has 0 aliphatic carbocycles. The summed E-state index contributed by atoms with van der Waals surface area (Å²) in [6.45, 7) is 3.92. The number of rotatable bonds is 1. The maximum absolute atomic E-state index is 11.7. The van der Waals surface area contributed by atoms with Gasteiger partial charge >= 0.3 is 0 Å². The maximum Gasteiger partial charge on any atom is 0.249 e. The second-order valence-corrected chi connectivity index (χ2v) is 5.25. The summed E-state index contributed by atoms with van der Waals surface area (Å²) in [5, 5.41) is 8.40. The number of nitrogens with zero attached hydrogens (tertiary/aromatic N) is 4. The zero-order chi connectivity index (χ0) is 15.3. The number of aromatic amines is 1.